The first-order valence-corrected chi connectivity index (χ1v) is 9.84. The molecule has 2 aromatic rings. The predicted octanol–water partition coefficient (Wildman–Crippen LogP) is 2.87. The molecule has 2 N–H and O–H groups in total. The van der Waals surface area contributed by atoms with Crippen LogP contribution in [-0.2, 0) is 17.5 Å². The van der Waals surface area contributed by atoms with Gasteiger partial charge in [0.25, 0.3) is 0 Å². The second-order valence-electron chi connectivity index (χ2n) is 7.33. The van der Waals surface area contributed by atoms with Gasteiger partial charge in [-0.1, -0.05) is 13.0 Å². The van der Waals surface area contributed by atoms with E-state index in [1.807, 2.05) is 11.0 Å². The van der Waals surface area contributed by atoms with Crippen LogP contribution >= 0.6 is 0 Å². The average molecular weight is 435 g/mol. The number of methoxy groups -OCH3 is 1. The van der Waals surface area contributed by atoms with Crippen molar-refractivity contribution in [3.05, 3.63) is 46.8 Å². The minimum atomic E-state index is -4.58. The molecule has 3 rings (SSSR count). The number of hydrogen-bond acceptors (Lipinski definition) is 6. The molecule has 0 bridgehead atoms. The molecular weight excluding hydrogens is 411 g/mol. The summed E-state index contributed by atoms with van der Waals surface area (Å²) in [6.45, 7) is 6.18. The molecule has 166 valence electrons. The molecule has 0 saturated carbocycles. The Morgan fingerprint density at radius 2 is 1.87 bits per heavy atom. The number of ether oxygens (including phenoxy) is 1. The lowest BCUT2D eigenvalue weighted by molar-refractivity contribution is -0.138. The maximum absolute atomic E-state index is 13.9. The van der Waals surface area contributed by atoms with E-state index < -0.39 is 17.7 Å². The van der Waals surface area contributed by atoms with Crippen LogP contribution < -0.4 is 5.73 Å². The Labute approximate surface area is 178 Å². The van der Waals surface area contributed by atoms with Crippen LogP contribution in [0.5, 0.6) is 0 Å². The molecule has 0 atom stereocenters. The maximum atomic E-state index is 13.9. The number of benzene rings is 1. The Morgan fingerprint density at radius 1 is 1.23 bits per heavy atom. The van der Waals surface area contributed by atoms with Crippen molar-refractivity contribution in [1.29, 1.82) is 5.26 Å². The molecule has 1 aliphatic heterocycles. The Morgan fingerprint density at radius 3 is 2.42 bits per heavy atom. The summed E-state index contributed by atoms with van der Waals surface area (Å²) in [6.07, 6.45) is -3.35. The molecule has 10 heteroatoms. The first kappa shape index (κ1) is 22.7. The number of carbonyl (C=O) groups excluding carboxylic acids is 1. The van der Waals surface area contributed by atoms with Crippen molar-refractivity contribution in [2.45, 2.75) is 19.6 Å². The van der Waals surface area contributed by atoms with Crippen LogP contribution in [0, 0.1) is 11.3 Å². The average Bonchev–Trinajstić information content (AvgIpc) is 3.09. The predicted molar refractivity (Wildman–Crippen MR) is 109 cm³/mol. The summed E-state index contributed by atoms with van der Waals surface area (Å²) in [4.78, 5) is 16.4. The number of rotatable bonds is 5. The van der Waals surface area contributed by atoms with E-state index in [1.54, 1.807) is 0 Å². The number of nitrogen functional groups attached to an aromatic ring is 1. The molecule has 0 amide bonds. The molecule has 1 saturated heterocycles. The quantitative estimate of drug-likeness (QED) is 0.727. The fourth-order valence-electron chi connectivity index (χ4n) is 3.74. The molecule has 0 unspecified atom stereocenters. The van der Waals surface area contributed by atoms with Crippen LogP contribution in [0.25, 0.3) is 5.69 Å². The highest BCUT2D eigenvalue weighted by Gasteiger charge is 2.35. The van der Waals surface area contributed by atoms with Crippen LogP contribution in [0.15, 0.2) is 24.4 Å². The van der Waals surface area contributed by atoms with Crippen molar-refractivity contribution >= 4 is 11.7 Å². The third-order valence-electron chi connectivity index (χ3n) is 5.53. The van der Waals surface area contributed by atoms with Crippen molar-refractivity contribution in [3.63, 3.8) is 0 Å². The van der Waals surface area contributed by atoms with Gasteiger partial charge in [-0.15, -0.1) is 0 Å². The zero-order chi connectivity index (χ0) is 22.8. The second-order valence-corrected chi connectivity index (χ2v) is 7.33. The smallest absolute Gasteiger partial charge is 0.416 e. The van der Waals surface area contributed by atoms with Gasteiger partial charge in [-0.2, -0.15) is 18.4 Å². The topological polar surface area (TPSA) is 87.5 Å². The fourth-order valence-corrected chi connectivity index (χ4v) is 3.74. The first-order valence-electron chi connectivity index (χ1n) is 9.84. The molecule has 1 fully saturated rings. The van der Waals surface area contributed by atoms with Crippen molar-refractivity contribution in [1.82, 2.24) is 14.4 Å². The lowest BCUT2D eigenvalue weighted by Gasteiger charge is -2.34. The standard InChI is InChI=1S/C21H24F3N5O2/c1-3-27-6-8-28(9-7-27)12-14-4-5-16(10-17(14)21(22,23)24)29-13-15(11-25)18(26)19(29)20(30)31-2/h4-5,10,13H,3,6-9,12,26H2,1-2H3. The first-order chi connectivity index (χ1) is 14.7. The number of piperazine rings is 1. The Hall–Kier alpha value is -3.03. The monoisotopic (exact) mass is 435 g/mol. The Bertz CT molecular complexity index is 1000. The zero-order valence-corrected chi connectivity index (χ0v) is 17.4. The van der Waals surface area contributed by atoms with Gasteiger partial charge in [0.05, 0.1) is 23.9 Å². The normalized spacial score (nSPS) is 15.6. The van der Waals surface area contributed by atoms with Crippen molar-refractivity contribution in [2.24, 2.45) is 0 Å². The maximum Gasteiger partial charge on any atom is 0.416 e. The third-order valence-corrected chi connectivity index (χ3v) is 5.53. The molecule has 0 aliphatic carbocycles. The van der Waals surface area contributed by atoms with Crippen molar-refractivity contribution in [2.75, 3.05) is 45.6 Å². The van der Waals surface area contributed by atoms with Gasteiger partial charge >= 0.3 is 12.1 Å². The van der Waals surface area contributed by atoms with E-state index >= 15 is 0 Å². The number of carbonyl (C=O) groups is 1. The fraction of sp³-hybridized carbons (Fsp3) is 0.429. The van der Waals surface area contributed by atoms with E-state index in [0.717, 1.165) is 32.8 Å². The molecule has 1 aromatic carbocycles. The van der Waals surface area contributed by atoms with Gasteiger partial charge in [0.1, 0.15) is 6.07 Å². The number of nitriles is 1. The van der Waals surface area contributed by atoms with E-state index in [9.17, 15) is 23.2 Å². The summed E-state index contributed by atoms with van der Waals surface area (Å²) in [5.41, 5.74) is 4.94. The van der Waals surface area contributed by atoms with Crippen LogP contribution in [0.3, 0.4) is 0 Å². The van der Waals surface area contributed by atoms with Crippen molar-refractivity contribution < 1.29 is 22.7 Å². The number of hydrogen-bond donors (Lipinski definition) is 1. The number of aromatic nitrogens is 1. The number of alkyl halides is 3. The molecule has 7 nitrogen and oxygen atoms in total. The number of likely N-dealkylation sites (N-methyl/N-ethyl adjacent to an activating group) is 1. The number of nitrogens with zero attached hydrogens (tertiary/aromatic N) is 4. The number of anilines is 1. The highest BCUT2D eigenvalue weighted by atomic mass is 19.4. The lowest BCUT2D eigenvalue weighted by atomic mass is 10.0. The summed E-state index contributed by atoms with van der Waals surface area (Å²) in [5, 5.41) is 9.22. The molecule has 1 aliphatic rings. The number of halogens is 3. The summed E-state index contributed by atoms with van der Waals surface area (Å²) in [7, 11) is 1.13. The molecule has 0 spiro atoms. The van der Waals surface area contributed by atoms with Crippen LogP contribution in [0.1, 0.15) is 34.1 Å². The van der Waals surface area contributed by atoms with Gasteiger partial charge in [0, 0.05) is 44.6 Å². The molecular formula is C21H24F3N5O2. The van der Waals surface area contributed by atoms with E-state index in [2.05, 4.69) is 11.8 Å². The van der Waals surface area contributed by atoms with Gasteiger partial charge in [-0.05, 0) is 24.2 Å². The molecule has 2 heterocycles. The minimum Gasteiger partial charge on any atom is -0.464 e. The molecule has 31 heavy (non-hydrogen) atoms. The number of nitrogens with two attached hydrogens (primary N) is 1. The summed E-state index contributed by atoms with van der Waals surface area (Å²) in [5.74, 6) is -0.842. The van der Waals surface area contributed by atoms with Gasteiger partial charge in [-0.3, -0.25) is 4.90 Å². The van der Waals surface area contributed by atoms with Crippen LogP contribution in [-0.4, -0.2) is 60.2 Å². The summed E-state index contributed by atoms with van der Waals surface area (Å²) < 4.78 is 47.5. The number of esters is 1. The van der Waals surface area contributed by atoms with E-state index in [4.69, 9.17) is 10.5 Å². The van der Waals surface area contributed by atoms with Gasteiger partial charge < -0.3 is 19.9 Å². The van der Waals surface area contributed by atoms with Crippen molar-refractivity contribution in [3.8, 4) is 11.8 Å². The summed E-state index contributed by atoms with van der Waals surface area (Å²) >= 11 is 0. The van der Waals surface area contributed by atoms with Gasteiger partial charge in [-0.25, -0.2) is 4.79 Å². The Balaban J connectivity index is 2.00. The highest BCUT2D eigenvalue weighted by Crippen LogP contribution is 2.35. The van der Waals surface area contributed by atoms with E-state index in [1.165, 1.54) is 22.9 Å². The Kier molecular flexibility index (Phi) is 6.57. The largest absolute Gasteiger partial charge is 0.464 e. The van der Waals surface area contributed by atoms with Crippen LogP contribution in [0.2, 0.25) is 0 Å². The molecule has 1 aromatic heterocycles. The summed E-state index contributed by atoms with van der Waals surface area (Å²) in [6, 6.07) is 5.71. The molecule has 0 radical (unpaired) electrons. The lowest BCUT2D eigenvalue weighted by Crippen LogP contribution is -2.45. The van der Waals surface area contributed by atoms with Crippen LogP contribution in [0.4, 0.5) is 18.9 Å². The zero-order valence-electron chi connectivity index (χ0n) is 17.4. The van der Waals surface area contributed by atoms with E-state index in [-0.39, 0.29) is 34.7 Å². The second kappa shape index (κ2) is 8.99. The SMILES string of the molecule is CCN1CCN(Cc2ccc(-n3cc(C#N)c(N)c3C(=O)OC)cc2C(F)(F)F)CC1. The minimum absolute atomic E-state index is 0.0215. The van der Waals surface area contributed by atoms with E-state index in [0.29, 0.717) is 13.1 Å². The van der Waals surface area contributed by atoms with Gasteiger partial charge in [0.15, 0.2) is 5.69 Å². The highest BCUT2D eigenvalue weighted by molar-refractivity contribution is 5.95. The van der Waals surface area contributed by atoms with Gasteiger partial charge in [0.2, 0.25) is 0 Å². The third kappa shape index (κ3) is 4.68.